The molecule has 240 valence electrons. The van der Waals surface area contributed by atoms with E-state index in [0.29, 0.717) is 39.3 Å². The largest absolute Gasteiger partial charge is 0.495 e. The van der Waals surface area contributed by atoms with Gasteiger partial charge < -0.3 is 25.4 Å². The molecule has 0 saturated carbocycles. The van der Waals surface area contributed by atoms with E-state index >= 15 is 0 Å². The van der Waals surface area contributed by atoms with Gasteiger partial charge in [0, 0.05) is 67.9 Å². The molecule has 3 heterocycles. The number of aromatic nitrogens is 1. The van der Waals surface area contributed by atoms with E-state index < -0.39 is 17.6 Å². The molecule has 2 bridgehead atoms. The fourth-order valence-corrected chi connectivity index (χ4v) is 6.06. The zero-order valence-electron chi connectivity index (χ0n) is 25.3. The van der Waals surface area contributed by atoms with E-state index in [4.69, 9.17) is 26.8 Å². The minimum Gasteiger partial charge on any atom is -0.495 e. The maximum atomic E-state index is 14.0. The monoisotopic (exact) mass is 645 g/mol. The quantitative estimate of drug-likeness (QED) is 0.268. The van der Waals surface area contributed by atoms with Crippen molar-refractivity contribution in [3.05, 3.63) is 82.3 Å². The van der Waals surface area contributed by atoms with Crippen molar-refractivity contribution in [1.82, 2.24) is 20.2 Å². The number of rotatable bonds is 10. The van der Waals surface area contributed by atoms with E-state index in [2.05, 4.69) is 32.6 Å². The highest BCUT2D eigenvalue weighted by molar-refractivity contribution is 6.33. The van der Waals surface area contributed by atoms with Gasteiger partial charge in [0.15, 0.2) is 0 Å². The normalized spacial score (nSPS) is 18.7. The minimum atomic E-state index is -4.63. The van der Waals surface area contributed by atoms with E-state index in [9.17, 15) is 18.0 Å². The third kappa shape index (κ3) is 6.96. The number of amides is 1. The Labute approximate surface area is 264 Å². The standard InChI is InChI=1S/C31H35ClF3N7O3/c1-37-42(17-26(36)19-8-24(44-3)13-38-12-19)28-9-18(5-6-25(28)32)30(43)39-27-10-21(31(33,34)35)7-20(29(27)45-4)14-41-16-22-11-23(41)15-40(22)2/h5-10,12-13,17,22-23,37H,11,14-16,36H2,1-4H3,(H,39,43)/b26-17-. The molecular formula is C31H35ClF3N7O3. The number of hydrogen-bond donors (Lipinski definition) is 3. The van der Waals surface area contributed by atoms with Crippen molar-refractivity contribution in [3.8, 4) is 11.5 Å². The summed E-state index contributed by atoms with van der Waals surface area (Å²) in [5.74, 6) is 0.0504. The minimum absolute atomic E-state index is 0.0783. The first-order valence-corrected chi connectivity index (χ1v) is 14.6. The van der Waals surface area contributed by atoms with Crippen LogP contribution in [-0.2, 0) is 12.7 Å². The van der Waals surface area contributed by atoms with Crippen molar-refractivity contribution in [2.45, 2.75) is 31.2 Å². The van der Waals surface area contributed by atoms with E-state index in [0.717, 1.165) is 31.6 Å². The number of pyridine rings is 1. The van der Waals surface area contributed by atoms with Crippen LogP contribution in [0.3, 0.4) is 0 Å². The third-order valence-electron chi connectivity index (χ3n) is 8.21. The van der Waals surface area contributed by atoms with Gasteiger partial charge in [0.1, 0.15) is 11.5 Å². The lowest BCUT2D eigenvalue weighted by Gasteiger charge is -2.32. The summed E-state index contributed by atoms with van der Waals surface area (Å²) in [4.78, 5) is 22.1. The van der Waals surface area contributed by atoms with Gasteiger partial charge in [-0.2, -0.15) is 13.2 Å². The first-order chi connectivity index (χ1) is 21.4. The maximum Gasteiger partial charge on any atom is 0.416 e. The number of methoxy groups -OCH3 is 2. The van der Waals surface area contributed by atoms with Crippen LogP contribution in [0.5, 0.6) is 11.5 Å². The summed E-state index contributed by atoms with van der Waals surface area (Å²) in [5.41, 5.74) is 10.1. The number of hydrazine groups is 1. The van der Waals surface area contributed by atoms with Crippen molar-refractivity contribution >= 4 is 34.6 Å². The number of piperazine rings is 1. The second kappa shape index (κ2) is 13.1. The van der Waals surface area contributed by atoms with Gasteiger partial charge in [0.2, 0.25) is 0 Å². The van der Waals surface area contributed by atoms with Gasteiger partial charge in [-0.3, -0.25) is 19.7 Å². The number of nitrogens with one attached hydrogen (secondary N) is 2. The summed E-state index contributed by atoms with van der Waals surface area (Å²) in [6.45, 7) is 1.88. The van der Waals surface area contributed by atoms with E-state index in [-0.39, 0.29) is 29.6 Å². The van der Waals surface area contributed by atoms with Crippen LogP contribution in [0.2, 0.25) is 5.02 Å². The molecule has 0 spiro atoms. The number of hydrogen-bond acceptors (Lipinski definition) is 9. The SMILES string of the molecule is CNN(/C=C(\N)c1cncc(OC)c1)c1cc(C(=O)Nc2cc(C(F)(F)F)cc(CN3CC4CC3CN4C)c2OC)ccc1Cl. The van der Waals surface area contributed by atoms with Gasteiger partial charge in [-0.15, -0.1) is 0 Å². The van der Waals surface area contributed by atoms with E-state index in [1.54, 1.807) is 31.7 Å². The van der Waals surface area contributed by atoms with Crippen LogP contribution in [0.15, 0.2) is 55.0 Å². The average molecular weight is 646 g/mol. The zero-order valence-corrected chi connectivity index (χ0v) is 26.0. The van der Waals surface area contributed by atoms with Gasteiger partial charge in [-0.25, -0.2) is 5.43 Å². The molecule has 2 fully saturated rings. The smallest absolute Gasteiger partial charge is 0.416 e. The highest BCUT2D eigenvalue weighted by Gasteiger charge is 2.42. The molecular weight excluding hydrogens is 611 g/mol. The number of benzene rings is 2. The predicted octanol–water partition coefficient (Wildman–Crippen LogP) is 4.81. The molecule has 2 unspecified atom stereocenters. The second-order valence-corrected chi connectivity index (χ2v) is 11.4. The Morgan fingerprint density at radius 1 is 1.13 bits per heavy atom. The summed E-state index contributed by atoms with van der Waals surface area (Å²) >= 11 is 6.50. The van der Waals surface area contributed by atoms with Crippen molar-refractivity contribution in [2.75, 3.05) is 51.7 Å². The van der Waals surface area contributed by atoms with Gasteiger partial charge in [-0.05, 0) is 49.9 Å². The van der Waals surface area contributed by atoms with Gasteiger partial charge in [0.05, 0.1) is 48.1 Å². The lowest BCUT2D eigenvalue weighted by molar-refractivity contribution is -0.137. The van der Waals surface area contributed by atoms with Crippen molar-refractivity contribution in [3.63, 3.8) is 0 Å². The molecule has 1 aromatic heterocycles. The predicted molar refractivity (Wildman–Crippen MR) is 167 cm³/mol. The van der Waals surface area contributed by atoms with Crippen LogP contribution in [0, 0.1) is 0 Å². The number of nitrogens with two attached hydrogens (primary N) is 1. The van der Waals surface area contributed by atoms with E-state index in [1.807, 2.05) is 0 Å². The van der Waals surface area contributed by atoms with E-state index in [1.165, 1.54) is 37.4 Å². The highest BCUT2D eigenvalue weighted by atomic mass is 35.5. The molecule has 0 aliphatic carbocycles. The number of fused-ring (bicyclic) bond motifs is 2. The van der Waals surface area contributed by atoms with Gasteiger partial charge >= 0.3 is 6.18 Å². The number of halogens is 4. The van der Waals surface area contributed by atoms with Crippen LogP contribution in [0.25, 0.3) is 5.70 Å². The number of ether oxygens (including phenoxy) is 2. The van der Waals surface area contributed by atoms with Crippen LogP contribution < -0.4 is 31.0 Å². The number of carbonyl (C=O) groups excluding carboxylic acids is 1. The molecule has 2 atom stereocenters. The summed E-state index contributed by atoms with van der Waals surface area (Å²) in [6.07, 6.45) is 1.02. The second-order valence-electron chi connectivity index (χ2n) is 11.0. The fraction of sp³-hybridized carbons (Fsp3) is 0.355. The first-order valence-electron chi connectivity index (χ1n) is 14.2. The molecule has 14 heteroatoms. The molecule has 2 aliphatic heterocycles. The lowest BCUT2D eigenvalue weighted by Crippen LogP contribution is -2.44. The fourth-order valence-electron chi connectivity index (χ4n) is 5.85. The molecule has 10 nitrogen and oxygen atoms in total. The summed E-state index contributed by atoms with van der Waals surface area (Å²) in [7, 11) is 6.59. The first kappa shape index (κ1) is 32.4. The molecule has 2 aromatic carbocycles. The molecule has 4 N–H and O–H groups in total. The molecule has 45 heavy (non-hydrogen) atoms. The van der Waals surface area contributed by atoms with Gasteiger partial charge in [-0.1, -0.05) is 11.6 Å². The highest BCUT2D eigenvalue weighted by Crippen LogP contribution is 2.40. The summed E-state index contributed by atoms with van der Waals surface area (Å²) in [6, 6.07) is 8.83. The molecule has 5 rings (SSSR count). The third-order valence-corrected chi connectivity index (χ3v) is 8.53. The van der Waals surface area contributed by atoms with Gasteiger partial charge in [0.25, 0.3) is 5.91 Å². The van der Waals surface area contributed by atoms with Crippen molar-refractivity contribution < 1.29 is 27.4 Å². The van der Waals surface area contributed by atoms with Crippen LogP contribution >= 0.6 is 11.6 Å². The Balaban J connectivity index is 1.43. The molecule has 1 amide bonds. The summed E-state index contributed by atoms with van der Waals surface area (Å²) < 4.78 is 52.9. The van der Waals surface area contributed by atoms with Crippen LogP contribution in [-0.4, -0.2) is 74.2 Å². The van der Waals surface area contributed by atoms with Crippen LogP contribution in [0.1, 0.15) is 33.5 Å². The van der Waals surface area contributed by atoms with Crippen LogP contribution in [0.4, 0.5) is 24.5 Å². The number of likely N-dealkylation sites (tertiary alicyclic amines) is 2. The molecule has 0 radical (unpaired) electrons. The average Bonchev–Trinajstić information content (AvgIpc) is 3.58. The Bertz CT molecular complexity index is 1600. The Kier molecular flexibility index (Phi) is 9.44. The van der Waals surface area contributed by atoms with Crippen molar-refractivity contribution in [1.29, 1.82) is 0 Å². The number of carbonyl (C=O) groups is 1. The Hall–Kier alpha value is -4.04. The lowest BCUT2D eigenvalue weighted by atomic mass is 10.0. The Morgan fingerprint density at radius 2 is 1.91 bits per heavy atom. The molecule has 2 saturated heterocycles. The topological polar surface area (TPSA) is 108 Å². The molecule has 3 aromatic rings. The maximum absolute atomic E-state index is 14.0. The number of anilines is 2. The Morgan fingerprint density at radius 3 is 2.53 bits per heavy atom. The number of nitrogens with zero attached hydrogens (tertiary/aromatic N) is 4. The summed E-state index contributed by atoms with van der Waals surface area (Å²) in [5, 5.41) is 4.45. The zero-order chi connectivity index (χ0) is 32.5. The number of alkyl halides is 3. The molecule has 2 aliphatic rings. The number of likely N-dealkylation sites (N-methyl/N-ethyl adjacent to an activating group) is 1. The van der Waals surface area contributed by atoms with Crippen molar-refractivity contribution in [2.24, 2.45) is 5.73 Å².